The van der Waals surface area contributed by atoms with Crippen LogP contribution < -0.4 is 0 Å². The van der Waals surface area contributed by atoms with Crippen LogP contribution in [-0.2, 0) is 11.3 Å². The molecule has 0 saturated carbocycles. The second-order valence-electron chi connectivity index (χ2n) is 3.61. The summed E-state index contributed by atoms with van der Waals surface area (Å²) in [4.78, 5) is 10.6. The van der Waals surface area contributed by atoms with E-state index in [9.17, 15) is 4.79 Å². The number of nitrogens with zero attached hydrogens (tertiary/aromatic N) is 4. The lowest BCUT2D eigenvalue weighted by Gasteiger charge is -2.09. The molecule has 1 N–H and O–H groups in total. The molecule has 0 spiro atoms. The predicted octanol–water partition coefficient (Wildman–Crippen LogP) is 0.517. The molecule has 0 fully saturated rings. The van der Waals surface area contributed by atoms with Crippen molar-refractivity contribution in [2.24, 2.45) is 5.92 Å². The molecule has 1 heterocycles. The van der Waals surface area contributed by atoms with Gasteiger partial charge in [0.2, 0.25) is 0 Å². The van der Waals surface area contributed by atoms with Crippen LogP contribution in [0.3, 0.4) is 0 Å². The third-order valence-electron chi connectivity index (χ3n) is 1.94. The molecule has 1 aromatic heterocycles. The number of tetrazole rings is 1. The summed E-state index contributed by atoms with van der Waals surface area (Å²) in [6.45, 7) is 5.88. The summed E-state index contributed by atoms with van der Waals surface area (Å²) in [6, 6.07) is 0. The Bertz CT molecular complexity index is 321. The Kier molecular flexibility index (Phi) is 3.16. The van der Waals surface area contributed by atoms with Crippen molar-refractivity contribution in [2.75, 3.05) is 0 Å². The molecular formula is C8H14N4O2. The molecule has 0 aliphatic heterocycles. The fourth-order valence-electron chi connectivity index (χ4n) is 1.09. The van der Waals surface area contributed by atoms with Gasteiger partial charge >= 0.3 is 5.97 Å². The minimum absolute atomic E-state index is 0.200. The van der Waals surface area contributed by atoms with Crippen LogP contribution in [0.15, 0.2) is 0 Å². The molecule has 1 atom stereocenters. The molecule has 1 aromatic rings. The van der Waals surface area contributed by atoms with Crippen molar-refractivity contribution in [1.29, 1.82) is 0 Å². The van der Waals surface area contributed by atoms with Crippen LogP contribution in [0, 0.1) is 5.92 Å². The maximum absolute atomic E-state index is 10.6. The fraction of sp³-hybridized carbons (Fsp3) is 0.750. The SMILES string of the molecule is CC(Cn1nnnc1C(C)C)C(=O)O. The van der Waals surface area contributed by atoms with Gasteiger partial charge in [0.1, 0.15) is 0 Å². The summed E-state index contributed by atoms with van der Waals surface area (Å²) in [7, 11) is 0. The zero-order valence-electron chi connectivity index (χ0n) is 8.51. The number of rotatable bonds is 4. The zero-order valence-corrected chi connectivity index (χ0v) is 8.51. The molecule has 6 heteroatoms. The van der Waals surface area contributed by atoms with E-state index in [0.29, 0.717) is 6.54 Å². The van der Waals surface area contributed by atoms with Crippen LogP contribution in [0.25, 0.3) is 0 Å². The lowest BCUT2D eigenvalue weighted by molar-refractivity contribution is -0.141. The first-order valence-corrected chi connectivity index (χ1v) is 4.51. The lowest BCUT2D eigenvalue weighted by Crippen LogP contribution is -2.19. The first-order valence-electron chi connectivity index (χ1n) is 4.51. The van der Waals surface area contributed by atoms with Gasteiger partial charge in [-0.15, -0.1) is 5.10 Å². The van der Waals surface area contributed by atoms with Crippen LogP contribution in [0.1, 0.15) is 32.5 Å². The van der Waals surface area contributed by atoms with Gasteiger partial charge in [0, 0.05) is 5.92 Å². The number of hydrogen-bond acceptors (Lipinski definition) is 4. The van der Waals surface area contributed by atoms with Gasteiger partial charge in [-0.1, -0.05) is 20.8 Å². The van der Waals surface area contributed by atoms with Gasteiger partial charge in [0.05, 0.1) is 12.5 Å². The monoisotopic (exact) mass is 198 g/mol. The molecular weight excluding hydrogens is 184 g/mol. The summed E-state index contributed by atoms with van der Waals surface area (Å²) in [5.41, 5.74) is 0. The summed E-state index contributed by atoms with van der Waals surface area (Å²) in [5.74, 6) is -0.393. The molecule has 0 radical (unpaired) electrons. The molecule has 0 saturated heterocycles. The Balaban J connectivity index is 2.76. The number of carboxylic acid groups (broad SMARTS) is 1. The highest BCUT2D eigenvalue weighted by Crippen LogP contribution is 2.10. The normalized spacial score (nSPS) is 13.1. The molecule has 6 nitrogen and oxygen atoms in total. The van der Waals surface area contributed by atoms with E-state index < -0.39 is 11.9 Å². The van der Waals surface area contributed by atoms with Gasteiger partial charge < -0.3 is 5.11 Å². The maximum Gasteiger partial charge on any atom is 0.308 e. The van der Waals surface area contributed by atoms with E-state index in [0.717, 1.165) is 5.82 Å². The molecule has 0 aliphatic carbocycles. The van der Waals surface area contributed by atoms with E-state index in [2.05, 4.69) is 15.5 Å². The number of hydrogen-bond donors (Lipinski definition) is 1. The van der Waals surface area contributed by atoms with E-state index in [1.165, 1.54) is 0 Å². The van der Waals surface area contributed by atoms with Crippen molar-refractivity contribution >= 4 is 5.97 Å². The average molecular weight is 198 g/mol. The van der Waals surface area contributed by atoms with Gasteiger partial charge in [-0.3, -0.25) is 4.79 Å². The predicted molar refractivity (Wildman–Crippen MR) is 48.7 cm³/mol. The van der Waals surface area contributed by atoms with Gasteiger partial charge in [-0.25, -0.2) is 4.68 Å². The summed E-state index contributed by atoms with van der Waals surface area (Å²) in [6.07, 6.45) is 0. The van der Waals surface area contributed by atoms with Gasteiger partial charge in [0.25, 0.3) is 0 Å². The van der Waals surface area contributed by atoms with Gasteiger partial charge in [0.15, 0.2) is 5.82 Å². The molecule has 0 aromatic carbocycles. The quantitative estimate of drug-likeness (QED) is 0.762. The van der Waals surface area contributed by atoms with Crippen molar-refractivity contribution in [1.82, 2.24) is 20.2 Å². The van der Waals surface area contributed by atoms with Crippen LogP contribution in [-0.4, -0.2) is 31.3 Å². The summed E-state index contributed by atoms with van der Waals surface area (Å²) in [5, 5.41) is 19.8. The Hall–Kier alpha value is -1.46. The Morgan fingerprint density at radius 2 is 2.14 bits per heavy atom. The molecule has 0 amide bonds. The highest BCUT2D eigenvalue weighted by Gasteiger charge is 2.16. The maximum atomic E-state index is 10.6. The van der Waals surface area contributed by atoms with Crippen molar-refractivity contribution < 1.29 is 9.90 Å². The topological polar surface area (TPSA) is 80.9 Å². The molecule has 78 valence electrons. The molecule has 0 bridgehead atoms. The highest BCUT2D eigenvalue weighted by molar-refractivity contribution is 5.69. The van der Waals surface area contributed by atoms with Crippen molar-refractivity contribution in [3.05, 3.63) is 5.82 Å². The number of carboxylic acids is 1. The van der Waals surface area contributed by atoms with Crippen LogP contribution in [0.4, 0.5) is 0 Å². The summed E-state index contributed by atoms with van der Waals surface area (Å²) < 4.78 is 1.55. The highest BCUT2D eigenvalue weighted by atomic mass is 16.4. The van der Waals surface area contributed by atoms with E-state index in [-0.39, 0.29) is 5.92 Å². The molecule has 14 heavy (non-hydrogen) atoms. The number of carbonyl (C=O) groups is 1. The summed E-state index contributed by atoms with van der Waals surface area (Å²) >= 11 is 0. The van der Waals surface area contributed by atoms with E-state index in [4.69, 9.17) is 5.11 Å². The molecule has 0 aliphatic rings. The zero-order chi connectivity index (χ0) is 10.7. The Labute approximate surface area is 81.9 Å². The lowest BCUT2D eigenvalue weighted by atomic mass is 10.1. The average Bonchev–Trinajstić information content (AvgIpc) is 2.52. The standard InChI is InChI=1S/C8H14N4O2/c1-5(2)7-9-10-11-12(7)4-6(3)8(13)14/h5-6H,4H2,1-3H3,(H,13,14). The first kappa shape index (κ1) is 10.6. The minimum atomic E-state index is -0.838. The number of aliphatic carboxylic acids is 1. The van der Waals surface area contributed by atoms with Crippen molar-refractivity contribution in [2.45, 2.75) is 33.2 Å². The van der Waals surface area contributed by atoms with E-state index in [1.807, 2.05) is 13.8 Å². The van der Waals surface area contributed by atoms with Crippen molar-refractivity contribution in [3.63, 3.8) is 0 Å². The second-order valence-corrected chi connectivity index (χ2v) is 3.61. The van der Waals surface area contributed by atoms with Gasteiger partial charge in [-0.05, 0) is 10.4 Å². The van der Waals surface area contributed by atoms with Gasteiger partial charge in [-0.2, -0.15) is 0 Å². The first-order chi connectivity index (χ1) is 6.52. The molecule has 1 rings (SSSR count). The largest absolute Gasteiger partial charge is 0.481 e. The second kappa shape index (κ2) is 4.17. The molecule has 1 unspecified atom stereocenters. The fourth-order valence-corrected chi connectivity index (χ4v) is 1.09. The van der Waals surface area contributed by atoms with Crippen molar-refractivity contribution in [3.8, 4) is 0 Å². The Morgan fingerprint density at radius 1 is 1.50 bits per heavy atom. The smallest absolute Gasteiger partial charge is 0.308 e. The third kappa shape index (κ3) is 2.27. The minimum Gasteiger partial charge on any atom is -0.481 e. The van der Waals surface area contributed by atoms with E-state index in [1.54, 1.807) is 11.6 Å². The third-order valence-corrected chi connectivity index (χ3v) is 1.94. The number of aromatic nitrogens is 4. The van der Waals surface area contributed by atoms with Crippen LogP contribution in [0.5, 0.6) is 0 Å². The van der Waals surface area contributed by atoms with Crippen LogP contribution in [0.2, 0.25) is 0 Å². The van der Waals surface area contributed by atoms with Crippen LogP contribution >= 0.6 is 0 Å². The van der Waals surface area contributed by atoms with E-state index >= 15 is 0 Å². The Morgan fingerprint density at radius 3 is 2.64 bits per heavy atom.